The highest BCUT2D eigenvalue weighted by Gasteiger charge is 2.59. The van der Waals surface area contributed by atoms with E-state index in [0.29, 0.717) is 18.6 Å². The average molecular weight is 650 g/mol. The lowest BCUT2D eigenvalue weighted by molar-refractivity contribution is -0.201. The molecule has 1 fully saturated rings. The number of pyridine rings is 1. The lowest BCUT2D eigenvalue weighted by atomic mass is 9.77. The number of aromatic nitrogens is 1. The van der Waals surface area contributed by atoms with Crippen LogP contribution in [0.5, 0.6) is 11.5 Å². The third-order valence-corrected chi connectivity index (χ3v) is 9.73. The second kappa shape index (κ2) is 13.3. The Morgan fingerprint density at radius 3 is 2.23 bits per heavy atom. The number of nitrogens with one attached hydrogen (secondary N) is 2. The van der Waals surface area contributed by atoms with Gasteiger partial charge in [0, 0.05) is 25.0 Å². The number of ether oxygens (including phenoxy) is 2. The Bertz CT molecular complexity index is 1440. The molecule has 0 bridgehead atoms. The number of rotatable bonds is 11. The zero-order valence-electron chi connectivity index (χ0n) is 23.9. The largest absolute Gasteiger partial charge is 0.495 e. The normalized spacial score (nSPS) is 20.4. The molecule has 0 radical (unpaired) electrons. The van der Waals surface area contributed by atoms with Crippen LogP contribution >= 0.6 is 0 Å². The van der Waals surface area contributed by atoms with Gasteiger partial charge in [-0.1, -0.05) is 31.4 Å². The van der Waals surface area contributed by atoms with Gasteiger partial charge in [0.15, 0.2) is 5.54 Å². The van der Waals surface area contributed by atoms with E-state index in [2.05, 4.69) is 15.0 Å². The summed E-state index contributed by atoms with van der Waals surface area (Å²) in [5.41, 5.74) is -3.56. The van der Waals surface area contributed by atoms with E-state index in [-0.39, 0.29) is 41.2 Å². The van der Waals surface area contributed by atoms with E-state index >= 15 is 0 Å². The van der Waals surface area contributed by atoms with E-state index < -0.39 is 58.5 Å². The highest BCUT2D eigenvalue weighted by Crippen LogP contribution is 2.48. The van der Waals surface area contributed by atoms with Crippen molar-refractivity contribution in [1.29, 1.82) is 0 Å². The van der Waals surface area contributed by atoms with Crippen molar-refractivity contribution in [3.63, 3.8) is 0 Å². The van der Waals surface area contributed by atoms with Gasteiger partial charge < -0.3 is 14.8 Å². The summed E-state index contributed by atoms with van der Waals surface area (Å²) in [5.74, 6) is -0.747. The molecule has 15 heteroatoms. The lowest BCUT2D eigenvalue weighted by Crippen LogP contribution is -2.59. The molecule has 1 aliphatic carbocycles. The van der Waals surface area contributed by atoms with Crippen molar-refractivity contribution >= 4 is 21.5 Å². The number of halogens is 6. The molecule has 2 heterocycles. The van der Waals surface area contributed by atoms with Crippen LogP contribution in [0.4, 0.5) is 26.3 Å². The topological polar surface area (TPSA) is 107 Å². The Morgan fingerprint density at radius 1 is 1.00 bits per heavy atom. The molecule has 4 rings (SSSR count). The van der Waals surface area contributed by atoms with Crippen LogP contribution in [0.3, 0.4) is 0 Å². The highest BCUT2D eigenvalue weighted by molar-refractivity contribution is 7.90. The second-order valence-electron chi connectivity index (χ2n) is 10.8. The maximum Gasteiger partial charge on any atom is 0.416 e. The number of benzene rings is 1. The van der Waals surface area contributed by atoms with E-state index in [1.165, 1.54) is 37.6 Å². The number of alkyl halides is 6. The zero-order valence-corrected chi connectivity index (χ0v) is 24.7. The molecule has 1 aromatic heterocycles. The van der Waals surface area contributed by atoms with Gasteiger partial charge in [0.05, 0.1) is 30.9 Å². The fraction of sp³-hybridized carbons (Fsp3) is 0.517. The van der Waals surface area contributed by atoms with E-state index in [1.54, 1.807) is 0 Å². The summed E-state index contributed by atoms with van der Waals surface area (Å²) >= 11 is 0. The van der Waals surface area contributed by atoms with Gasteiger partial charge in [0.1, 0.15) is 11.5 Å². The minimum atomic E-state index is -5.03. The summed E-state index contributed by atoms with van der Waals surface area (Å²) < 4.78 is 121. The summed E-state index contributed by atoms with van der Waals surface area (Å²) in [6.07, 6.45) is -7.02. The SMILES string of the molecule is COc1ccc(C2=C(CNS(=O)(=O)C3CCCCC3)C(=O)N[C@@](c3ccc(OCCCC(F)(F)F)cc3)(C(F)(F)F)C2)nc1. The molecule has 1 atom stereocenters. The molecule has 242 valence electrons. The molecule has 1 aromatic carbocycles. The van der Waals surface area contributed by atoms with Gasteiger partial charge in [-0.05, 0) is 54.7 Å². The van der Waals surface area contributed by atoms with Crippen LogP contribution in [0.1, 0.15) is 62.6 Å². The fourth-order valence-electron chi connectivity index (χ4n) is 5.41. The minimum Gasteiger partial charge on any atom is -0.495 e. The molecule has 8 nitrogen and oxygen atoms in total. The first-order valence-corrected chi connectivity index (χ1v) is 15.6. The van der Waals surface area contributed by atoms with E-state index in [4.69, 9.17) is 9.47 Å². The summed E-state index contributed by atoms with van der Waals surface area (Å²) in [6.45, 7) is -0.831. The van der Waals surface area contributed by atoms with Crippen molar-refractivity contribution in [2.75, 3.05) is 20.3 Å². The van der Waals surface area contributed by atoms with Crippen LogP contribution in [0.25, 0.3) is 5.57 Å². The molecule has 0 unspecified atom stereocenters. The van der Waals surface area contributed by atoms with Crippen LogP contribution in [-0.2, 0) is 20.4 Å². The van der Waals surface area contributed by atoms with E-state index in [1.807, 2.05) is 0 Å². The molecule has 2 aromatic rings. The Balaban J connectivity index is 1.67. The number of hydrogen-bond acceptors (Lipinski definition) is 6. The smallest absolute Gasteiger partial charge is 0.416 e. The number of nitrogens with zero attached hydrogens (tertiary/aromatic N) is 1. The van der Waals surface area contributed by atoms with Crippen molar-refractivity contribution in [3.05, 3.63) is 59.4 Å². The van der Waals surface area contributed by atoms with E-state index in [0.717, 1.165) is 31.4 Å². The monoisotopic (exact) mass is 649 g/mol. The predicted octanol–water partition coefficient (Wildman–Crippen LogP) is 5.79. The quantitative estimate of drug-likeness (QED) is 0.236. The van der Waals surface area contributed by atoms with E-state index in [9.17, 15) is 39.6 Å². The molecule has 44 heavy (non-hydrogen) atoms. The number of carbonyl (C=O) groups is 1. The molecule has 1 saturated carbocycles. The summed E-state index contributed by atoms with van der Waals surface area (Å²) in [7, 11) is -2.47. The number of carbonyl (C=O) groups excluding carboxylic acids is 1. The number of methoxy groups -OCH3 is 1. The standard InChI is InChI=1S/C29H33F6N3O5S/c1-42-21-12-13-25(36-17-21)23-16-27(29(33,34)35,19-8-10-20(11-9-19)43-15-5-14-28(30,31)32)38-26(39)24(23)18-37-44(40,41)22-6-3-2-4-7-22/h8-13,17,22,37H,2-7,14-16,18H2,1H3,(H,38,39)/t27-/m0/s1. The first-order chi connectivity index (χ1) is 20.6. The predicted molar refractivity (Wildman–Crippen MR) is 149 cm³/mol. The zero-order chi connectivity index (χ0) is 32.2. The van der Waals surface area contributed by atoms with Crippen LogP contribution in [0.2, 0.25) is 0 Å². The number of sulfonamides is 1. The molecule has 1 amide bonds. The molecular formula is C29H33F6N3O5S. The van der Waals surface area contributed by atoms with Gasteiger partial charge >= 0.3 is 12.4 Å². The molecule has 0 saturated heterocycles. The van der Waals surface area contributed by atoms with Crippen molar-refractivity contribution < 1.29 is 49.0 Å². The Morgan fingerprint density at radius 2 is 1.66 bits per heavy atom. The number of amides is 1. The Kier molecular flexibility index (Phi) is 10.2. The number of hydrogen-bond donors (Lipinski definition) is 2. The maximum atomic E-state index is 14.9. The van der Waals surface area contributed by atoms with Gasteiger partial charge in [0.25, 0.3) is 0 Å². The molecule has 2 N–H and O–H groups in total. The van der Waals surface area contributed by atoms with Crippen LogP contribution in [0.15, 0.2) is 48.2 Å². The average Bonchev–Trinajstić information content (AvgIpc) is 2.98. The summed E-state index contributed by atoms with van der Waals surface area (Å²) in [6, 6.07) is 7.40. The first-order valence-electron chi connectivity index (χ1n) is 14.1. The summed E-state index contributed by atoms with van der Waals surface area (Å²) in [5, 5.41) is 1.43. The van der Waals surface area contributed by atoms with Crippen molar-refractivity contribution in [2.24, 2.45) is 0 Å². The second-order valence-corrected chi connectivity index (χ2v) is 12.8. The highest BCUT2D eigenvalue weighted by atomic mass is 32.2. The van der Waals surface area contributed by atoms with Gasteiger partial charge in [-0.15, -0.1) is 0 Å². The van der Waals surface area contributed by atoms with Gasteiger partial charge in [-0.2, -0.15) is 26.3 Å². The Hall–Kier alpha value is -3.33. The van der Waals surface area contributed by atoms with Crippen molar-refractivity contribution in [2.45, 2.75) is 74.5 Å². The summed E-state index contributed by atoms with van der Waals surface area (Å²) in [4.78, 5) is 17.7. The van der Waals surface area contributed by atoms with Crippen molar-refractivity contribution in [1.82, 2.24) is 15.0 Å². The van der Waals surface area contributed by atoms with Gasteiger partial charge in [-0.25, -0.2) is 13.1 Å². The first kappa shape index (κ1) is 33.6. The molecule has 0 spiro atoms. The molecule has 2 aliphatic rings. The maximum absolute atomic E-state index is 14.9. The Labute approximate surface area is 251 Å². The lowest BCUT2D eigenvalue weighted by Gasteiger charge is -2.41. The van der Waals surface area contributed by atoms with Crippen LogP contribution in [-0.4, -0.2) is 57.2 Å². The van der Waals surface area contributed by atoms with Gasteiger partial charge in [-0.3, -0.25) is 9.78 Å². The van der Waals surface area contributed by atoms with Gasteiger partial charge in [0.2, 0.25) is 15.9 Å². The third kappa shape index (κ3) is 7.84. The van der Waals surface area contributed by atoms with Crippen LogP contribution < -0.4 is 19.5 Å². The third-order valence-electron chi connectivity index (χ3n) is 7.83. The van der Waals surface area contributed by atoms with Crippen molar-refractivity contribution in [3.8, 4) is 11.5 Å². The molecular weight excluding hydrogens is 616 g/mol. The fourth-order valence-corrected chi connectivity index (χ4v) is 6.94. The minimum absolute atomic E-state index is 0.0331. The molecule has 1 aliphatic heterocycles. The van der Waals surface area contributed by atoms with Crippen LogP contribution in [0, 0.1) is 0 Å².